The fraction of sp³-hybridized carbons (Fsp3) is 0.182. The largest absolute Gasteiger partial charge is 0.465 e. The third kappa shape index (κ3) is 3.81. The van der Waals surface area contributed by atoms with Crippen molar-refractivity contribution in [2.45, 2.75) is 19.3 Å². The number of anilines is 1. The van der Waals surface area contributed by atoms with Crippen LogP contribution in [-0.4, -0.2) is 31.1 Å². The predicted molar refractivity (Wildman–Crippen MR) is 116 cm³/mol. The summed E-state index contributed by atoms with van der Waals surface area (Å²) in [5, 5.41) is 8.80. The summed E-state index contributed by atoms with van der Waals surface area (Å²) in [6.45, 7) is 0. The highest BCUT2D eigenvalue weighted by Crippen LogP contribution is 2.39. The summed E-state index contributed by atoms with van der Waals surface area (Å²) in [6, 6.07) is 13.5. The van der Waals surface area contributed by atoms with Crippen LogP contribution >= 0.6 is 11.3 Å². The maximum atomic E-state index is 12.3. The molecule has 1 heterocycles. The van der Waals surface area contributed by atoms with Crippen LogP contribution in [0.5, 0.6) is 0 Å². The first-order chi connectivity index (χ1) is 14.6. The Morgan fingerprint density at radius 1 is 1.07 bits per heavy atom. The number of aryl methyl sites for hydroxylation is 1. The topological polar surface area (TPSA) is 96.9 Å². The number of nitrogens with zero attached hydrogens (tertiary/aromatic N) is 1. The Labute approximate surface area is 176 Å². The lowest BCUT2D eigenvalue weighted by atomic mass is 10.1. The molecule has 0 atom stereocenters. The summed E-state index contributed by atoms with van der Waals surface area (Å²) in [5.74, 6) is -2.33. The van der Waals surface area contributed by atoms with Crippen molar-refractivity contribution in [1.82, 2.24) is 5.43 Å². The van der Waals surface area contributed by atoms with Crippen LogP contribution < -0.4 is 10.7 Å². The molecule has 1 aromatic heterocycles. The van der Waals surface area contributed by atoms with Gasteiger partial charge in [-0.1, -0.05) is 42.5 Å². The van der Waals surface area contributed by atoms with Gasteiger partial charge in [0.2, 0.25) is 0 Å². The van der Waals surface area contributed by atoms with Gasteiger partial charge in [0, 0.05) is 10.4 Å². The quantitative estimate of drug-likeness (QED) is 0.292. The van der Waals surface area contributed by atoms with Gasteiger partial charge in [-0.25, -0.2) is 10.2 Å². The minimum Gasteiger partial charge on any atom is -0.465 e. The second-order valence-corrected chi connectivity index (χ2v) is 7.88. The molecular weight excluding hydrogens is 402 g/mol. The number of methoxy groups -OCH3 is 1. The second-order valence-electron chi connectivity index (χ2n) is 6.77. The third-order valence-corrected chi connectivity index (χ3v) is 6.14. The van der Waals surface area contributed by atoms with Crippen molar-refractivity contribution in [1.29, 1.82) is 0 Å². The molecule has 7 nitrogen and oxygen atoms in total. The van der Waals surface area contributed by atoms with Crippen LogP contribution in [0.2, 0.25) is 0 Å². The van der Waals surface area contributed by atoms with Crippen LogP contribution in [0.4, 0.5) is 5.00 Å². The summed E-state index contributed by atoms with van der Waals surface area (Å²) in [5.41, 5.74) is 4.29. The molecule has 0 fully saturated rings. The Hall–Kier alpha value is -3.52. The zero-order valence-corrected chi connectivity index (χ0v) is 17.0. The maximum absolute atomic E-state index is 12.3. The lowest BCUT2D eigenvalue weighted by Crippen LogP contribution is -2.32. The van der Waals surface area contributed by atoms with E-state index in [-0.39, 0.29) is 0 Å². The number of esters is 1. The average Bonchev–Trinajstić information content (AvgIpc) is 3.34. The standard InChI is InChI=1S/C22H19N3O4S/c1-29-22(28)18-16-10-5-11-17(16)30-21(18)24-19(26)20(27)25-23-12-14-8-4-7-13-6-2-3-9-15(13)14/h2-4,6-9,12H,5,10-11H2,1H3,(H,24,26)(H,25,27)/b23-12+. The first kappa shape index (κ1) is 19.8. The Balaban J connectivity index is 1.46. The zero-order chi connectivity index (χ0) is 21.1. The van der Waals surface area contributed by atoms with Gasteiger partial charge in [-0.15, -0.1) is 11.3 Å². The van der Waals surface area contributed by atoms with E-state index in [9.17, 15) is 14.4 Å². The number of thiophene rings is 1. The Morgan fingerprint density at radius 2 is 1.87 bits per heavy atom. The van der Waals surface area contributed by atoms with Crippen LogP contribution in [0.15, 0.2) is 47.6 Å². The van der Waals surface area contributed by atoms with E-state index in [2.05, 4.69) is 15.8 Å². The number of hydrogen-bond acceptors (Lipinski definition) is 6. The molecule has 0 unspecified atom stereocenters. The van der Waals surface area contributed by atoms with Crippen LogP contribution in [0.25, 0.3) is 10.8 Å². The van der Waals surface area contributed by atoms with Crippen molar-refractivity contribution in [2.24, 2.45) is 5.10 Å². The molecule has 2 aromatic carbocycles. The molecule has 0 spiro atoms. The molecule has 3 aromatic rings. The molecule has 4 rings (SSSR count). The molecule has 0 saturated carbocycles. The molecule has 0 radical (unpaired) electrons. The summed E-state index contributed by atoms with van der Waals surface area (Å²) >= 11 is 1.31. The van der Waals surface area contributed by atoms with Crippen LogP contribution in [-0.2, 0) is 27.2 Å². The van der Waals surface area contributed by atoms with Gasteiger partial charge in [0.1, 0.15) is 5.00 Å². The lowest BCUT2D eigenvalue weighted by molar-refractivity contribution is -0.136. The summed E-state index contributed by atoms with van der Waals surface area (Å²) < 4.78 is 4.84. The van der Waals surface area contributed by atoms with Crippen molar-refractivity contribution in [2.75, 3.05) is 12.4 Å². The first-order valence-electron chi connectivity index (χ1n) is 9.43. The number of carbonyl (C=O) groups is 3. The Morgan fingerprint density at radius 3 is 2.70 bits per heavy atom. The SMILES string of the molecule is COC(=O)c1c(NC(=O)C(=O)N/N=C/c2cccc3ccccc23)sc2c1CCC2. The average molecular weight is 421 g/mol. The minimum atomic E-state index is -0.920. The van der Waals surface area contributed by atoms with E-state index in [0.717, 1.165) is 46.0 Å². The zero-order valence-electron chi connectivity index (χ0n) is 16.2. The molecule has 2 amide bonds. The van der Waals surface area contributed by atoms with E-state index in [1.54, 1.807) is 0 Å². The number of ether oxygens (including phenoxy) is 1. The van der Waals surface area contributed by atoms with Crippen molar-refractivity contribution >= 4 is 51.1 Å². The van der Waals surface area contributed by atoms with Gasteiger partial charge in [0.15, 0.2) is 0 Å². The minimum absolute atomic E-state index is 0.338. The summed E-state index contributed by atoms with van der Waals surface area (Å²) in [7, 11) is 1.29. The van der Waals surface area contributed by atoms with Crippen molar-refractivity contribution in [3.63, 3.8) is 0 Å². The highest BCUT2D eigenvalue weighted by atomic mass is 32.1. The molecule has 2 N–H and O–H groups in total. The highest BCUT2D eigenvalue weighted by molar-refractivity contribution is 7.17. The molecule has 0 saturated heterocycles. The molecule has 0 bridgehead atoms. The van der Waals surface area contributed by atoms with Crippen molar-refractivity contribution < 1.29 is 19.1 Å². The van der Waals surface area contributed by atoms with Gasteiger partial charge in [-0.3, -0.25) is 9.59 Å². The van der Waals surface area contributed by atoms with E-state index in [1.165, 1.54) is 24.7 Å². The molecule has 30 heavy (non-hydrogen) atoms. The van der Waals surface area contributed by atoms with Gasteiger partial charge in [0.25, 0.3) is 0 Å². The number of rotatable bonds is 4. The predicted octanol–water partition coefficient (Wildman–Crippen LogP) is 3.27. The van der Waals surface area contributed by atoms with E-state index in [0.29, 0.717) is 10.6 Å². The van der Waals surface area contributed by atoms with E-state index < -0.39 is 17.8 Å². The smallest absolute Gasteiger partial charge is 0.341 e. The number of hydrazone groups is 1. The van der Waals surface area contributed by atoms with Gasteiger partial charge >= 0.3 is 17.8 Å². The highest BCUT2D eigenvalue weighted by Gasteiger charge is 2.29. The first-order valence-corrected chi connectivity index (χ1v) is 10.2. The monoisotopic (exact) mass is 421 g/mol. The van der Waals surface area contributed by atoms with Gasteiger partial charge in [-0.05, 0) is 35.6 Å². The van der Waals surface area contributed by atoms with E-state index in [1.807, 2.05) is 42.5 Å². The maximum Gasteiger partial charge on any atom is 0.341 e. The molecular formula is C22H19N3O4S. The van der Waals surface area contributed by atoms with Gasteiger partial charge in [-0.2, -0.15) is 5.10 Å². The second kappa shape index (κ2) is 8.46. The number of fused-ring (bicyclic) bond motifs is 2. The Kier molecular flexibility index (Phi) is 5.58. The van der Waals surface area contributed by atoms with Crippen molar-refractivity contribution in [3.8, 4) is 0 Å². The van der Waals surface area contributed by atoms with Crippen LogP contribution in [0.3, 0.4) is 0 Å². The fourth-order valence-electron chi connectivity index (χ4n) is 3.54. The molecule has 152 valence electrons. The van der Waals surface area contributed by atoms with E-state index in [4.69, 9.17) is 4.74 Å². The van der Waals surface area contributed by atoms with Crippen LogP contribution in [0.1, 0.15) is 32.8 Å². The number of benzene rings is 2. The van der Waals surface area contributed by atoms with Gasteiger partial charge < -0.3 is 10.1 Å². The Bertz CT molecular complexity index is 1180. The number of amides is 2. The third-order valence-electron chi connectivity index (χ3n) is 4.94. The lowest BCUT2D eigenvalue weighted by Gasteiger charge is -2.06. The summed E-state index contributed by atoms with van der Waals surface area (Å²) in [6.07, 6.45) is 4.06. The number of carbonyl (C=O) groups excluding carboxylic acids is 3. The molecule has 1 aliphatic rings. The normalized spacial score (nSPS) is 12.7. The molecule has 8 heteroatoms. The number of hydrogen-bond donors (Lipinski definition) is 2. The molecule has 0 aliphatic heterocycles. The fourth-order valence-corrected chi connectivity index (χ4v) is 4.82. The van der Waals surface area contributed by atoms with Gasteiger partial charge in [0.05, 0.1) is 18.9 Å². The molecule has 1 aliphatic carbocycles. The number of nitrogens with one attached hydrogen (secondary N) is 2. The summed E-state index contributed by atoms with van der Waals surface area (Å²) in [4.78, 5) is 37.7. The van der Waals surface area contributed by atoms with E-state index >= 15 is 0 Å². The van der Waals surface area contributed by atoms with Crippen molar-refractivity contribution in [3.05, 3.63) is 64.0 Å². The van der Waals surface area contributed by atoms with Crippen LogP contribution in [0, 0.1) is 0 Å².